The predicted molar refractivity (Wildman–Crippen MR) is 242 cm³/mol. The van der Waals surface area contributed by atoms with Gasteiger partial charge in [-0.3, -0.25) is 4.98 Å². The molecule has 1 unspecified atom stereocenters. The maximum Gasteiger partial charge on any atom is 0.155 e. The van der Waals surface area contributed by atoms with E-state index in [0.717, 1.165) is 79.2 Å². The van der Waals surface area contributed by atoms with E-state index in [2.05, 4.69) is 134 Å². The van der Waals surface area contributed by atoms with E-state index in [4.69, 9.17) is 19.1 Å². The molecule has 1 aliphatic heterocycles. The van der Waals surface area contributed by atoms with Crippen LogP contribution in [0.3, 0.4) is 0 Å². The fourth-order valence-corrected chi connectivity index (χ4v) is 9.59. The molecule has 10 rings (SSSR count). The molecule has 297 valence electrons. The Labute approximate surface area is 360 Å². The molecule has 1 radical (unpaired) electrons. The Bertz CT molecular complexity index is 2910. The molecule has 6 aromatic carbocycles. The molecule has 0 bridgehead atoms. The summed E-state index contributed by atoms with van der Waals surface area (Å²) in [4.78, 5) is 9.81. The van der Waals surface area contributed by atoms with Crippen LogP contribution in [0.2, 0.25) is 19.6 Å². The van der Waals surface area contributed by atoms with E-state index in [-0.39, 0.29) is 26.3 Å². The molecule has 0 spiro atoms. The minimum absolute atomic E-state index is 0. The van der Waals surface area contributed by atoms with Gasteiger partial charge in [0, 0.05) is 37.4 Å². The van der Waals surface area contributed by atoms with Crippen molar-refractivity contribution in [2.45, 2.75) is 53.1 Å². The first-order chi connectivity index (χ1) is 28.1. The molecule has 6 nitrogen and oxygen atoms in total. The van der Waals surface area contributed by atoms with Gasteiger partial charge < -0.3 is 24.0 Å². The average Bonchev–Trinajstić information content (AvgIpc) is 3.93. The van der Waals surface area contributed by atoms with Crippen molar-refractivity contribution in [3.05, 3.63) is 157 Å². The van der Waals surface area contributed by atoms with Crippen LogP contribution < -0.4 is 15.2 Å². The molecule has 59 heavy (non-hydrogen) atoms. The number of benzene rings is 6. The molecule has 0 saturated carbocycles. The van der Waals surface area contributed by atoms with E-state index in [9.17, 15) is 0 Å². The van der Waals surface area contributed by atoms with Gasteiger partial charge in [-0.2, -0.15) is 0 Å². The van der Waals surface area contributed by atoms with Gasteiger partial charge in [0.2, 0.25) is 0 Å². The Morgan fingerprint density at radius 2 is 1.47 bits per heavy atom. The zero-order valence-electron chi connectivity index (χ0n) is 34.1. The number of pyridine rings is 1. The SMILES string of the molecule is CC(C)Cc1cc(-c2[c-]ccc3c2OC(C)N3)ncc1[Si](C)(C)C.[Ir].[c-]1ccc2c(oc3ccccc32)c1-c1nc2ccccc2n1-c1ccc(-c2ccccc2)cc1. The van der Waals surface area contributed by atoms with E-state index >= 15 is 0 Å². The Balaban J connectivity index is 0.000000172. The summed E-state index contributed by atoms with van der Waals surface area (Å²) in [5.74, 6) is 2.31. The van der Waals surface area contributed by atoms with Gasteiger partial charge in [0.1, 0.15) is 5.58 Å². The number of anilines is 1. The first-order valence-corrected chi connectivity index (χ1v) is 23.6. The topological polar surface area (TPSA) is 65.1 Å². The number of imidazole rings is 1. The van der Waals surface area contributed by atoms with Gasteiger partial charge in [-0.05, 0) is 77.3 Å². The number of rotatable bonds is 7. The molecule has 3 aromatic heterocycles. The number of hydrogen-bond acceptors (Lipinski definition) is 5. The molecular formula is C51H46IrN4O2Si-2. The summed E-state index contributed by atoms with van der Waals surface area (Å²) in [6, 6.07) is 52.4. The summed E-state index contributed by atoms with van der Waals surface area (Å²) >= 11 is 0. The fourth-order valence-electron chi connectivity index (χ4n) is 8.00. The second-order valence-corrected chi connectivity index (χ2v) is 21.5. The maximum atomic E-state index is 6.32. The summed E-state index contributed by atoms with van der Waals surface area (Å²) in [6.07, 6.45) is 3.17. The van der Waals surface area contributed by atoms with Crippen LogP contribution in [-0.4, -0.2) is 28.8 Å². The normalized spacial score (nSPS) is 13.4. The molecule has 0 amide bonds. The Morgan fingerprint density at radius 3 is 2.25 bits per heavy atom. The number of ether oxygens (including phenoxy) is 1. The van der Waals surface area contributed by atoms with Crippen molar-refractivity contribution in [3.63, 3.8) is 0 Å². The van der Waals surface area contributed by atoms with E-state index in [0.29, 0.717) is 5.92 Å². The Morgan fingerprint density at radius 1 is 0.780 bits per heavy atom. The molecule has 0 aliphatic carbocycles. The van der Waals surface area contributed by atoms with Crippen LogP contribution in [0.1, 0.15) is 26.3 Å². The van der Waals surface area contributed by atoms with Crippen molar-refractivity contribution in [2.24, 2.45) is 5.92 Å². The van der Waals surface area contributed by atoms with Crippen LogP contribution in [-0.2, 0) is 26.5 Å². The quantitative estimate of drug-likeness (QED) is 0.127. The second-order valence-electron chi connectivity index (χ2n) is 16.4. The summed E-state index contributed by atoms with van der Waals surface area (Å²) in [5, 5.41) is 6.96. The molecule has 9 aromatic rings. The van der Waals surface area contributed by atoms with Crippen molar-refractivity contribution in [2.75, 3.05) is 5.32 Å². The molecule has 8 heteroatoms. The van der Waals surface area contributed by atoms with Crippen molar-refractivity contribution >= 4 is 51.9 Å². The number of nitrogens with one attached hydrogen (secondary N) is 1. The van der Waals surface area contributed by atoms with Gasteiger partial charge in [-0.25, -0.2) is 0 Å². The first kappa shape index (κ1) is 40.0. The Kier molecular flexibility index (Phi) is 11.2. The molecule has 1 aliphatic rings. The number of fused-ring (bicyclic) bond motifs is 5. The van der Waals surface area contributed by atoms with Gasteiger partial charge in [-0.15, -0.1) is 36.4 Å². The average molecular weight is 967 g/mol. The number of furan rings is 1. The van der Waals surface area contributed by atoms with Crippen LogP contribution in [0.15, 0.2) is 144 Å². The van der Waals surface area contributed by atoms with Crippen molar-refractivity contribution in [1.82, 2.24) is 14.5 Å². The fraction of sp³-hybridized carbons (Fsp3) is 0.176. The minimum atomic E-state index is -1.42. The van der Waals surface area contributed by atoms with Gasteiger partial charge in [0.05, 0.1) is 36.3 Å². The monoisotopic (exact) mass is 967 g/mol. The van der Waals surface area contributed by atoms with Crippen LogP contribution in [0.25, 0.3) is 72.4 Å². The van der Waals surface area contributed by atoms with Crippen molar-refractivity contribution in [3.8, 4) is 45.2 Å². The maximum absolute atomic E-state index is 6.32. The number of nitrogens with zero attached hydrogens (tertiary/aromatic N) is 3. The molecule has 1 N–H and O–H groups in total. The van der Waals surface area contributed by atoms with E-state index in [1.165, 1.54) is 21.9 Å². The van der Waals surface area contributed by atoms with Crippen LogP contribution in [0, 0.1) is 18.1 Å². The summed E-state index contributed by atoms with van der Waals surface area (Å²) < 4.78 is 14.5. The van der Waals surface area contributed by atoms with E-state index in [1.54, 1.807) is 0 Å². The van der Waals surface area contributed by atoms with Gasteiger partial charge in [0.25, 0.3) is 0 Å². The largest absolute Gasteiger partial charge is 0.515 e. The zero-order valence-corrected chi connectivity index (χ0v) is 37.5. The van der Waals surface area contributed by atoms with Gasteiger partial charge in [-0.1, -0.05) is 134 Å². The third kappa shape index (κ3) is 7.88. The van der Waals surface area contributed by atoms with E-state index in [1.807, 2.05) is 67.6 Å². The summed E-state index contributed by atoms with van der Waals surface area (Å²) in [6.45, 7) is 13.7. The van der Waals surface area contributed by atoms with Crippen molar-refractivity contribution in [1.29, 1.82) is 0 Å². The summed E-state index contributed by atoms with van der Waals surface area (Å²) in [5.41, 5.74) is 12.3. The number of aromatic nitrogens is 3. The smallest absolute Gasteiger partial charge is 0.155 e. The third-order valence-corrected chi connectivity index (χ3v) is 12.7. The van der Waals surface area contributed by atoms with Crippen molar-refractivity contribution < 1.29 is 29.3 Å². The van der Waals surface area contributed by atoms with Gasteiger partial charge in [0.15, 0.2) is 6.23 Å². The summed E-state index contributed by atoms with van der Waals surface area (Å²) in [7, 11) is -1.42. The van der Waals surface area contributed by atoms with Crippen LogP contribution >= 0.6 is 0 Å². The second kappa shape index (κ2) is 16.5. The van der Waals surface area contributed by atoms with Gasteiger partial charge >= 0.3 is 0 Å². The molecule has 0 fully saturated rings. The molecule has 1 atom stereocenters. The number of para-hydroxylation sites is 3. The van der Waals surface area contributed by atoms with Crippen LogP contribution in [0.4, 0.5) is 5.69 Å². The molecule has 4 heterocycles. The zero-order chi connectivity index (χ0) is 40.0. The Hall–Kier alpha value is -5.79. The first-order valence-electron chi connectivity index (χ1n) is 20.1. The van der Waals surface area contributed by atoms with E-state index < -0.39 is 8.07 Å². The standard InChI is InChI=1S/C31H19N2O.C20H27N2OSi.Ir/c1-2-9-21(10-3-1)22-17-19-23(20-18-22)33-28-15-6-5-14-27(28)32-31(33)26-13-8-12-25-24-11-4-7-16-29(24)34-30(25)26;1-13(2)10-15-11-18(21-12-19(15)24(4,5)6)16-8-7-9-17-20(16)23-14(3)22-17;/h1-12,14-20H;7,9,11-14,22H,10H2,1-6H3;/q2*-1;. The molecular weight excluding hydrogens is 921 g/mol. The molecule has 0 saturated heterocycles. The predicted octanol–water partition coefficient (Wildman–Crippen LogP) is 12.5. The number of hydrogen-bond donors (Lipinski definition) is 1. The third-order valence-electron chi connectivity index (χ3n) is 10.6. The minimum Gasteiger partial charge on any atom is -0.515 e. The van der Waals surface area contributed by atoms with Crippen LogP contribution in [0.5, 0.6) is 5.75 Å².